The Hall–Kier alpha value is -1.71. The molecule has 22 heavy (non-hydrogen) atoms. The molecular formula is C18H25NO3. The first-order valence-electron chi connectivity index (χ1n) is 8.16. The number of rotatable bonds is 3. The second-order valence-electron chi connectivity index (χ2n) is 7.16. The summed E-state index contributed by atoms with van der Waals surface area (Å²) in [5.41, 5.74) is 0.954. The van der Waals surface area contributed by atoms with Crippen molar-refractivity contribution in [3.05, 3.63) is 23.8 Å². The quantitative estimate of drug-likeness (QED) is 0.861. The second-order valence-corrected chi connectivity index (χ2v) is 7.16. The molecule has 1 atom stereocenters. The molecule has 2 aliphatic heterocycles. The summed E-state index contributed by atoms with van der Waals surface area (Å²) in [5.74, 6) is 2.14. The van der Waals surface area contributed by atoms with Gasteiger partial charge in [-0.2, -0.15) is 0 Å². The number of likely N-dealkylation sites (tertiary alicyclic amines) is 1. The summed E-state index contributed by atoms with van der Waals surface area (Å²) in [6.45, 7) is 8.11. The van der Waals surface area contributed by atoms with Crippen molar-refractivity contribution in [2.45, 2.75) is 45.6 Å². The smallest absolute Gasteiger partial charge is 0.260 e. The lowest BCUT2D eigenvalue weighted by molar-refractivity contribution is -0.135. The monoisotopic (exact) mass is 303 g/mol. The molecule has 1 unspecified atom stereocenters. The minimum Gasteiger partial charge on any atom is -0.483 e. The molecule has 0 bridgehead atoms. The van der Waals surface area contributed by atoms with Crippen molar-refractivity contribution in [3.8, 4) is 11.5 Å². The number of amides is 1. The van der Waals surface area contributed by atoms with E-state index in [2.05, 4.69) is 26.8 Å². The molecule has 0 aliphatic carbocycles. The highest BCUT2D eigenvalue weighted by atomic mass is 16.5. The normalized spacial score (nSPS) is 22.9. The molecule has 0 spiro atoms. The van der Waals surface area contributed by atoms with E-state index in [0.717, 1.165) is 37.2 Å². The Morgan fingerprint density at radius 2 is 2.27 bits per heavy atom. The van der Waals surface area contributed by atoms with E-state index >= 15 is 0 Å². The number of hydrogen-bond acceptors (Lipinski definition) is 3. The fourth-order valence-corrected chi connectivity index (χ4v) is 3.35. The molecule has 0 radical (unpaired) electrons. The fourth-order valence-electron chi connectivity index (χ4n) is 3.35. The molecule has 0 N–H and O–H groups in total. The van der Waals surface area contributed by atoms with Gasteiger partial charge in [0.1, 0.15) is 5.60 Å². The maximum Gasteiger partial charge on any atom is 0.260 e. The van der Waals surface area contributed by atoms with E-state index in [1.54, 1.807) is 0 Å². The Balaban J connectivity index is 1.63. The highest BCUT2D eigenvalue weighted by Crippen LogP contribution is 2.41. The number of piperidine rings is 1. The van der Waals surface area contributed by atoms with Gasteiger partial charge < -0.3 is 14.4 Å². The van der Waals surface area contributed by atoms with Crippen LogP contribution in [0.25, 0.3) is 0 Å². The van der Waals surface area contributed by atoms with Gasteiger partial charge >= 0.3 is 0 Å². The van der Waals surface area contributed by atoms with Crippen LogP contribution in [0.4, 0.5) is 0 Å². The van der Waals surface area contributed by atoms with E-state index < -0.39 is 0 Å². The van der Waals surface area contributed by atoms with Gasteiger partial charge in [0, 0.05) is 25.1 Å². The zero-order chi connectivity index (χ0) is 15.7. The topological polar surface area (TPSA) is 38.8 Å². The molecule has 3 rings (SSSR count). The third-order valence-corrected chi connectivity index (χ3v) is 4.42. The molecule has 4 heteroatoms. The molecule has 1 aromatic rings. The summed E-state index contributed by atoms with van der Waals surface area (Å²) >= 11 is 0. The predicted octanol–water partition coefficient (Wildman–Crippen LogP) is 3.04. The maximum atomic E-state index is 12.3. The first-order valence-corrected chi connectivity index (χ1v) is 8.16. The molecular weight excluding hydrogens is 278 g/mol. The van der Waals surface area contributed by atoms with E-state index in [4.69, 9.17) is 9.47 Å². The largest absolute Gasteiger partial charge is 0.483 e. The SMILES string of the molecule is CC1CCCN(C(=O)COc2cccc3c2OC(C)(C)C3)C1. The van der Waals surface area contributed by atoms with Gasteiger partial charge in [-0.3, -0.25) is 4.79 Å². The minimum atomic E-state index is -0.200. The van der Waals surface area contributed by atoms with Gasteiger partial charge in [0.25, 0.3) is 5.91 Å². The zero-order valence-electron chi connectivity index (χ0n) is 13.7. The third-order valence-electron chi connectivity index (χ3n) is 4.42. The van der Waals surface area contributed by atoms with Crippen molar-refractivity contribution in [1.82, 2.24) is 4.90 Å². The van der Waals surface area contributed by atoms with Crippen LogP contribution >= 0.6 is 0 Å². The van der Waals surface area contributed by atoms with Crippen molar-refractivity contribution in [2.75, 3.05) is 19.7 Å². The Labute approximate surface area is 132 Å². The second kappa shape index (κ2) is 5.82. The molecule has 1 saturated heterocycles. The van der Waals surface area contributed by atoms with Gasteiger partial charge in [-0.25, -0.2) is 0 Å². The average Bonchev–Trinajstić information content (AvgIpc) is 2.79. The Bertz CT molecular complexity index is 567. The van der Waals surface area contributed by atoms with E-state index in [9.17, 15) is 4.79 Å². The van der Waals surface area contributed by atoms with Crippen LogP contribution in [0.15, 0.2) is 18.2 Å². The molecule has 120 valence electrons. The van der Waals surface area contributed by atoms with Crippen LogP contribution in [-0.4, -0.2) is 36.1 Å². The van der Waals surface area contributed by atoms with Crippen LogP contribution in [-0.2, 0) is 11.2 Å². The maximum absolute atomic E-state index is 12.3. The number of ether oxygens (including phenoxy) is 2. The van der Waals surface area contributed by atoms with Gasteiger partial charge in [0.05, 0.1) is 0 Å². The van der Waals surface area contributed by atoms with Gasteiger partial charge in [-0.05, 0) is 38.7 Å². The third kappa shape index (κ3) is 3.21. The Morgan fingerprint density at radius 3 is 3.05 bits per heavy atom. The van der Waals surface area contributed by atoms with E-state index in [-0.39, 0.29) is 18.1 Å². The van der Waals surface area contributed by atoms with Crippen molar-refractivity contribution in [3.63, 3.8) is 0 Å². The lowest BCUT2D eigenvalue weighted by atomic mass is 10.0. The van der Waals surface area contributed by atoms with Gasteiger partial charge in [0.15, 0.2) is 18.1 Å². The summed E-state index contributed by atoms with van der Waals surface area (Å²) < 4.78 is 11.7. The summed E-state index contributed by atoms with van der Waals surface area (Å²) in [6, 6.07) is 5.91. The number of hydrogen-bond donors (Lipinski definition) is 0. The van der Waals surface area contributed by atoms with Crippen LogP contribution in [0.2, 0.25) is 0 Å². The molecule has 4 nitrogen and oxygen atoms in total. The summed E-state index contributed by atoms with van der Waals surface area (Å²) in [5, 5.41) is 0. The first-order chi connectivity index (χ1) is 10.4. The number of carbonyl (C=O) groups excluding carboxylic acids is 1. The number of nitrogens with zero attached hydrogens (tertiary/aromatic N) is 1. The Kier molecular flexibility index (Phi) is 4.02. The highest BCUT2D eigenvalue weighted by Gasteiger charge is 2.32. The van der Waals surface area contributed by atoms with Crippen LogP contribution in [0, 0.1) is 5.92 Å². The van der Waals surface area contributed by atoms with Crippen LogP contribution < -0.4 is 9.47 Å². The van der Waals surface area contributed by atoms with E-state index in [1.807, 2.05) is 17.0 Å². The van der Waals surface area contributed by atoms with Gasteiger partial charge in [0.2, 0.25) is 0 Å². The molecule has 1 amide bonds. The molecule has 0 saturated carbocycles. The fraction of sp³-hybridized carbons (Fsp3) is 0.611. The number of carbonyl (C=O) groups is 1. The van der Waals surface area contributed by atoms with Crippen LogP contribution in [0.1, 0.15) is 39.2 Å². The summed E-state index contributed by atoms with van der Waals surface area (Å²) in [7, 11) is 0. The molecule has 1 aromatic carbocycles. The van der Waals surface area contributed by atoms with Crippen molar-refractivity contribution in [2.24, 2.45) is 5.92 Å². The number of benzene rings is 1. The molecule has 2 aliphatic rings. The van der Waals surface area contributed by atoms with E-state index in [1.165, 1.54) is 6.42 Å². The standard InChI is InChI=1S/C18H25NO3/c1-13-6-5-9-19(11-13)16(20)12-21-15-8-4-7-14-10-18(2,3)22-17(14)15/h4,7-8,13H,5-6,9-12H2,1-3H3. The number of fused-ring (bicyclic) bond motifs is 1. The van der Waals surface area contributed by atoms with Gasteiger partial charge in [-0.15, -0.1) is 0 Å². The van der Waals surface area contributed by atoms with Crippen molar-refractivity contribution in [1.29, 1.82) is 0 Å². The molecule has 0 aromatic heterocycles. The summed E-state index contributed by atoms with van der Waals surface area (Å²) in [6.07, 6.45) is 3.17. The minimum absolute atomic E-state index is 0.0708. The molecule has 2 heterocycles. The lowest BCUT2D eigenvalue weighted by Crippen LogP contribution is -2.41. The van der Waals surface area contributed by atoms with Crippen molar-refractivity contribution >= 4 is 5.91 Å². The zero-order valence-corrected chi connectivity index (χ0v) is 13.7. The average molecular weight is 303 g/mol. The number of para-hydroxylation sites is 1. The van der Waals surface area contributed by atoms with Crippen molar-refractivity contribution < 1.29 is 14.3 Å². The van der Waals surface area contributed by atoms with Crippen LogP contribution in [0.5, 0.6) is 11.5 Å². The Morgan fingerprint density at radius 1 is 1.45 bits per heavy atom. The summed E-state index contributed by atoms with van der Waals surface area (Å²) in [4.78, 5) is 14.2. The predicted molar refractivity (Wildman–Crippen MR) is 85.3 cm³/mol. The molecule has 1 fully saturated rings. The first kappa shape index (κ1) is 15.2. The highest BCUT2D eigenvalue weighted by molar-refractivity contribution is 5.78. The lowest BCUT2D eigenvalue weighted by Gasteiger charge is -2.30. The van der Waals surface area contributed by atoms with E-state index in [0.29, 0.717) is 11.7 Å². The van der Waals surface area contributed by atoms with Crippen LogP contribution in [0.3, 0.4) is 0 Å². The van der Waals surface area contributed by atoms with Gasteiger partial charge in [-0.1, -0.05) is 19.1 Å².